The predicted octanol–water partition coefficient (Wildman–Crippen LogP) is 2.63. The summed E-state index contributed by atoms with van der Waals surface area (Å²) in [6.07, 6.45) is 1.55. The number of carbonyl (C=O) groups is 2. The van der Waals surface area contributed by atoms with Crippen molar-refractivity contribution in [2.24, 2.45) is 5.92 Å². The van der Waals surface area contributed by atoms with E-state index in [9.17, 15) is 9.59 Å². The van der Waals surface area contributed by atoms with Crippen LogP contribution in [-0.2, 0) is 16.0 Å². The SMILES string of the molecule is CCCC(CNC(=O)Cc1ccccc1OC(C)C)C(=O)O. The van der Waals surface area contributed by atoms with Crippen molar-refractivity contribution < 1.29 is 19.4 Å². The maximum absolute atomic E-state index is 12.0. The highest BCUT2D eigenvalue weighted by atomic mass is 16.5. The zero-order valence-corrected chi connectivity index (χ0v) is 13.5. The number of amides is 1. The molecule has 122 valence electrons. The van der Waals surface area contributed by atoms with Crippen LogP contribution >= 0.6 is 0 Å². The molecule has 1 amide bonds. The van der Waals surface area contributed by atoms with Crippen molar-refractivity contribution in [3.8, 4) is 5.75 Å². The number of carboxylic acid groups (broad SMARTS) is 1. The van der Waals surface area contributed by atoms with Crippen LogP contribution in [0, 0.1) is 5.92 Å². The van der Waals surface area contributed by atoms with E-state index in [0.717, 1.165) is 12.0 Å². The van der Waals surface area contributed by atoms with E-state index >= 15 is 0 Å². The monoisotopic (exact) mass is 307 g/mol. The molecule has 0 aliphatic rings. The molecule has 1 atom stereocenters. The van der Waals surface area contributed by atoms with Crippen LogP contribution in [0.15, 0.2) is 24.3 Å². The lowest BCUT2D eigenvalue weighted by molar-refractivity contribution is -0.141. The fourth-order valence-corrected chi connectivity index (χ4v) is 2.15. The molecule has 5 nitrogen and oxygen atoms in total. The molecule has 0 saturated carbocycles. The molecule has 0 fully saturated rings. The third kappa shape index (κ3) is 6.16. The molecule has 1 rings (SSSR count). The largest absolute Gasteiger partial charge is 0.491 e. The Hall–Kier alpha value is -2.04. The number of carboxylic acids is 1. The van der Waals surface area contributed by atoms with Gasteiger partial charge in [0.2, 0.25) is 5.91 Å². The lowest BCUT2D eigenvalue weighted by atomic mass is 10.0. The number of ether oxygens (including phenoxy) is 1. The van der Waals surface area contributed by atoms with Gasteiger partial charge in [0, 0.05) is 12.1 Å². The van der Waals surface area contributed by atoms with Crippen molar-refractivity contribution >= 4 is 11.9 Å². The van der Waals surface area contributed by atoms with E-state index < -0.39 is 11.9 Å². The van der Waals surface area contributed by atoms with Crippen LogP contribution in [0.3, 0.4) is 0 Å². The summed E-state index contributed by atoms with van der Waals surface area (Å²) in [4.78, 5) is 23.1. The third-order valence-corrected chi connectivity index (χ3v) is 3.22. The summed E-state index contributed by atoms with van der Waals surface area (Å²) in [5, 5.41) is 11.8. The number of rotatable bonds is 9. The van der Waals surface area contributed by atoms with Crippen molar-refractivity contribution in [1.29, 1.82) is 0 Å². The molecule has 0 aliphatic carbocycles. The van der Waals surface area contributed by atoms with Crippen LogP contribution in [0.4, 0.5) is 0 Å². The zero-order chi connectivity index (χ0) is 16.5. The first-order valence-electron chi connectivity index (χ1n) is 7.68. The maximum atomic E-state index is 12.0. The molecule has 0 saturated heterocycles. The van der Waals surface area contributed by atoms with Gasteiger partial charge >= 0.3 is 5.97 Å². The molecular weight excluding hydrogens is 282 g/mol. The van der Waals surface area contributed by atoms with Gasteiger partial charge in [-0.2, -0.15) is 0 Å². The molecule has 0 radical (unpaired) electrons. The summed E-state index contributed by atoms with van der Waals surface area (Å²) in [5.41, 5.74) is 0.802. The average molecular weight is 307 g/mol. The van der Waals surface area contributed by atoms with E-state index in [0.29, 0.717) is 12.2 Å². The Kier molecular flexibility index (Phi) is 7.43. The molecule has 0 heterocycles. The lowest BCUT2D eigenvalue weighted by Crippen LogP contribution is -2.33. The van der Waals surface area contributed by atoms with Crippen LogP contribution in [0.1, 0.15) is 39.2 Å². The van der Waals surface area contributed by atoms with Crippen LogP contribution in [0.2, 0.25) is 0 Å². The number of nitrogens with one attached hydrogen (secondary N) is 1. The van der Waals surface area contributed by atoms with E-state index in [1.54, 1.807) is 0 Å². The Labute approximate surface area is 131 Å². The first kappa shape index (κ1) is 18.0. The molecule has 1 aromatic carbocycles. The highest BCUT2D eigenvalue weighted by Crippen LogP contribution is 2.19. The van der Waals surface area contributed by atoms with Gasteiger partial charge in [-0.05, 0) is 26.3 Å². The van der Waals surface area contributed by atoms with Gasteiger partial charge in [-0.15, -0.1) is 0 Å². The van der Waals surface area contributed by atoms with Crippen molar-refractivity contribution in [2.45, 2.75) is 46.1 Å². The number of hydrogen-bond donors (Lipinski definition) is 2. The molecule has 0 bridgehead atoms. The number of para-hydroxylation sites is 1. The Balaban J connectivity index is 2.60. The molecule has 22 heavy (non-hydrogen) atoms. The van der Waals surface area contributed by atoms with Crippen molar-refractivity contribution in [3.05, 3.63) is 29.8 Å². The minimum Gasteiger partial charge on any atom is -0.491 e. The van der Waals surface area contributed by atoms with Gasteiger partial charge in [-0.3, -0.25) is 9.59 Å². The standard InChI is InChI=1S/C17H25NO4/c1-4-7-14(17(20)21)11-18-16(19)10-13-8-5-6-9-15(13)22-12(2)3/h5-6,8-9,12,14H,4,7,10-11H2,1-3H3,(H,18,19)(H,20,21). The molecule has 2 N–H and O–H groups in total. The van der Waals surface area contributed by atoms with Gasteiger partial charge in [0.1, 0.15) is 5.75 Å². The first-order valence-corrected chi connectivity index (χ1v) is 7.68. The van der Waals surface area contributed by atoms with E-state index in [-0.39, 0.29) is 25.0 Å². The third-order valence-electron chi connectivity index (χ3n) is 3.22. The van der Waals surface area contributed by atoms with Gasteiger partial charge in [0.15, 0.2) is 0 Å². The second kappa shape index (κ2) is 9.07. The second-order valence-corrected chi connectivity index (χ2v) is 5.58. The molecule has 0 aliphatic heterocycles. The number of benzene rings is 1. The molecule has 0 aromatic heterocycles. The van der Waals surface area contributed by atoms with Crippen molar-refractivity contribution in [3.63, 3.8) is 0 Å². The Bertz CT molecular complexity index is 499. The zero-order valence-electron chi connectivity index (χ0n) is 13.5. The molecule has 5 heteroatoms. The van der Waals surface area contributed by atoms with E-state index in [1.807, 2.05) is 45.0 Å². The first-order chi connectivity index (χ1) is 10.4. The minimum absolute atomic E-state index is 0.0326. The van der Waals surface area contributed by atoms with E-state index in [2.05, 4.69) is 5.32 Å². The summed E-state index contributed by atoms with van der Waals surface area (Å²) in [7, 11) is 0. The predicted molar refractivity (Wildman–Crippen MR) is 85.0 cm³/mol. The van der Waals surface area contributed by atoms with Gasteiger partial charge in [0.05, 0.1) is 18.4 Å². The van der Waals surface area contributed by atoms with Gasteiger partial charge in [-0.25, -0.2) is 0 Å². The highest BCUT2D eigenvalue weighted by Gasteiger charge is 2.17. The normalized spacial score (nSPS) is 12.0. The van der Waals surface area contributed by atoms with Crippen LogP contribution in [0.25, 0.3) is 0 Å². The summed E-state index contributed by atoms with van der Waals surface area (Å²) in [5.74, 6) is -0.903. The maximum Gasteiger partial charge on any atom is 0.308 e. The molecule has 1 aromatic rings. The number of aliphatic carboxylic acids is 1. The van der Waals surface area contributed by atoms with Crippen LogP contribution in [-0.4, -0.2) is 29.6 Å². The van der Waals surface area contributed by atoms with Gasteiger partial charge < -0.3 is 15.2 Å². The van der Waals surface area contributed by atoms with Gasteiger partial charge in [0.25, 0.3) is 0 Å². The fraction of sp³-hybridized carbons (Fsp3) is 0.529. The average Bonchev–Trinajstić information content (AvgIpc) is 2.44. The van der Waals surface area contributed by atoms with Gasteiger partial charge in [-0.1, -0.05) is 31.5 Å². The summed E-state index contributed by atoms with van der Waals surface area (Å²) < 4.78 is 5.67. The highest BCUT2D eigenvalue weighted by molar-refractivity contribution is 5.80. The number of hydrogen-bond acceptors (Lipinski definition) is 3. The summed E-state index contributed by atoms with van der Waals surface area (Å²) >= 11 is 0. The molecular formula is C17H25NO4. The Morgan fingerprint density at radius 1 is 1.27 bits per heavy atom. The Morgan fingerprint density at radius 3 is 2.55 bits per heavy atom. The van der Waals surface area contributed by atoms with Crippen LogP contribution in [0.5, 0.6) is 5.75 Å². The summed E-state index contributed by atoms with van der Waals surface area (Å²) in [6, 6.07) is 7.39. The minimum atomic E-state index is -0.870. The van der Waals surface area contributed by atoms with Crippen molar-refractivity contribution in [1.82, 2.24) is 5.32 Å². The Morgan fingerprint density at radius 2 is 1.95 bits per heavy atom. The number of carbonyl (C=O) groups excluding carboxylic acids is 1. The van der Waals surface area contributed by atoms with Crippen LogP contribution < -0.4 is 10.1 Å². The second-order valence-electron chi connectivity index (χ2n) is 5.58. The lowest BCUT2D eigenvalue weighted by Gasteiger charge is -2.15. The smallest absolute Gasteiger partial charge is 0.308 e. The topological polar surface area (TPSA) is 75.6 Å². The summed E-state index contributed by atoms with van der Waals surface area (Å²) in [6.45, 7) is 5.95. The van der Waals surface area contributed by atoms with Crippen molar-refractivity contribution in [2.75, 3.05) is 6.54 Å². The van der Waals surface area contributed by atoms with E-state index in [1.165, 1.54) is 0 Å². The van der Waals surface area contributed by atoms with E-state index in [4.69, 9.17) is 9.84 Å². The molecule has 1 unspecified atom stereocenters. The quantitative estimate of drug-likeness (QED) is 0.735. The fourth-order valence-electron chi connectivity index (χ4n) is 2.15. The molecule has 0 spiro atoms.